The minimum atomic E-state index is -0.944. The molecule has 0 saturated carbocycles. The predicted octanol–water partition coefficient (Wildman–Crippen LogP) is 2.29. The molecule has 25 heavy (non-hydrogen) atoms. The summed E-state index contributed by atoms with van der Waals surface area (Å²) >= 11 is 5.84. The third kappa shape index (κ3) is 5.46. The van der Waals surface area contributed by atoms with Gasteiger partial charge >= 0.3 is 12.0 Å². The van der Waals surface area contributed by atoms with E-state index in [1.807, 2.05) is 0 Å². The Morgan fingerprint density at radius 2 is 2.04 bits per heavy atom. The molecule has 2 N–H and O–H groups in total. The van der Waals surface area contributed by atoms with Gasteiger partial charge in [0.15, 0.2) is 0 Å². The van der Waals surface area contributed by atoms with Crippen molar-refractivity contribution in [2.24, 2.45) is 5.92 Å². The highest BCUT2D eigenvalue weighted by Gasteiger charge is 2.17. The highest BCUT2D eigenvalue weighted by atomic mass is 35.5. The van der Waals surface area contributed by atoms with Gasteiger partial charge in [-0.1, -0.05) is 23.7 Å². The summed E-state index contributed by atoms with van der Waals surface area (Å²) in [6.07, 6.45) is 0.370. The van der Waals surface area contributed by atoms with Crippen LogP contribution in [0.25, 0.3) is 11.4 Å². The molecule has 1 atom stereocenters. The van der Waals surface area contributed by atoms with Gasteiger partial charge < -0.3 is 19.8 Å². The highest BCUT2D eigenvalue weighted by Crippen LogP contribution is 2.18. The van der Waals surface area contributed by atoms with Gasteiger partial charge in [0, 0.05) is 37.1 Å². The minimum Gasteiger partial charge on any atom is -0.481 e. The molecule has 0 bridgehead atoms. The molecule has 0 aliphatic heterocycles. The van der Waals surface area contributed by atoms with Crippen molar-refractivity contribution in [3.63, 3.8) is 0 Å². The summed E-state index contributed by atoms with van der Waals surface area (Å²) < 4.78 is 5.15. The molecule has 1 heterocycles. The van der Waals surface area contributed by atoms with E-state index >= 15 is 0 Å². The number of aromatic nitrogens is 2. The number of urea groups is 1. The zero-order valence-electron chi connectivity index (χ0n) is 13.9. The third-order valence-corrected chi connectivity index (χ3v) is 3.75. The smallest absolute Gasteiger partial charge is 0.317 e. The molecule has 0 aliphatic carbocycles. The molecule has 0 spiro atoms. The van der Waals surface area contributed by atoms with E-state index in [1.54, 1.807) is 38.2 Å². The monoisotopic (exact) mass is 366 g/mol. The second kappa shape index (κ2) is 8.48. The lowest BCUT2D eigenvalue weighted by Gasteiger charge is -2.19. The van der Waals surface area contributed by atoms with Gasteiger partial charge in [0.1, 0.15) is 0 Å². The molecule has 1 aromatic heterocycles. The van der Waals surface area contributed by atoms with Crippen LogP contribution in [-0.2, 0) is 11.2 Å². The molecular formula is C16H19ClN4O4. The van der Waals surface area contributed by atoms with Gasteiger partial charge in [0.25, 0.3) is 0 Å². The van der Waals surface area contributed by atoms with E-state index in [1.165, 1.54) is 4.90 Å². The van der Waals surface area contributed by atoms with Gasteiger partial charge in [0.05, 0.1) is 5.92 Å². The van der Waals surface area contributed by atoms with Crippen LogP contribution in [-0.4, -0.2) is 52.3 Å². The number of aliphatic carboxylic acids is 1. The fraction of sp³-hybridized carbons (Fsp3) is 0.375. The summed E-state index contributed by atoms with van der Waals surface area (Å²) in [4.78, 5) is 28.3. The molecule has 1 unspecified atom stereocenters. The van der Waals surface area contributed by atoms with Crippen molar-refractivity contribution in [1.29, 1.82) is 0 Å². The lowest BCUT2D eigenvalue weighted by atomic mass is 10.2. The van der Waals surface area contributed by atoms with Gasteiger partial charge in [-0.25, -0.2) is 4.79 Å². The Balaban J connectivity index is 1.81. The van der Waals surface area contributed by atoms with Gasteiger partial charge in [-0.05, 0) is 24.3 Å². The van der Waals surface area contributed by atoms with Crippen LogP contribution in [0.15, 0.2) is 28.8 Å². The number of carbonyl (C=O) groups is 2. The predicted molar refractivity (Wildman–Crippen MR) is 91.3 cm³/mol. The van der Waals surface area contributed by atoms with Gasteiger partial charge in [0.2, 0.25) is 11.7 Å². The second-order valence-corrected chi connectivity index (χ2v) is 6.06. The second-order valence-electron chi connectivity index (χ2n) is 5.62. The first-order valence-corrected chi connectivity index (χ1v) is 8.05. The first kappa shape index (κ1) is 18.7. The molecule has 9 heteroatoms. The Morgan fingerprint density at radius 1 is 1.36 bits per heavy atom. The fourth-order valence-electron chi connectivity index (χ4n) is 2.06. The third-order valence-electron chi connectivity index (χ3n) is 3.50. The van der Waals surface area contributed by atoms with Crippen LogP contribution in [0.3, 0.4) is 0 Å². The van der Waals surface area contributed by atoms with Crippen LogP contribution < -0.4 is 5.32 Å². The van der Waals surface area contributed by atoms with Crippen LogP contribution in [0.5, 0.6) is 0 Å². The number of amides is 2. The van der Waals surface area contributed by atoms with Crippen molar-refractivity contribution in [2.75, 3.05) is 20.1 Å². The highest BCUT2D eigenvalue weighted by molar-refractivity contribution is 6.30. The minimum absolute atomic E-state index is 0.127. The quantitative estimate of drug-likeness (QED) is 0.778. The molecule has 2 amide bonds. The van der Waals surface area contributed by atoms with Gasteiger partial charge in [-0.3, -0.25) is 4.79 Å². The Kier molecular flexibility index (Phi) is 6.35. The van der Waals surface area contributed by atoms with Crippen LogP contribution in [0.1, 0.15) is 12.8 Å². The summed E-state index contributed by atoms with van der Waals surface area (Å²) in [5, 5.41) is 16.0. The van der Waals surface area contributed by atoms with Crippen LogP contribution in [0.4, 0.5) is 4.79 Å². The maximum Gasteiger partial charge on any atom is 0.317 e. The van der Waals surface area contributed by atoms with Crippen LogP contribution >= 0.6 is 11.6 Å². The molecule has 134 valence electrons. The Morgan fingerprint density at radius 3 is 2.68 bits per heavy atom. The SMILES string of the molecule is CC(CN(C)C(=O)NCCc1nc(-c2ccc(Cl)cc2)no1)C(=O)O. The van der Waals surface area contributed by atoms with Crippen molar-refractivity contribution in [3.05, 3.63) is 35.2 Å². The normalized spacial score (nSPS) is 11.8. The topological polar surface area (TPSA) is 109 Å². The zero-order chi connectivity index (χ0) is 18.4. The maximum absolute atomic E-state index is 11.9. The standard InChI is InChI=1S/C16H19ClN4O4/c1-10(15(22)23)9-21(2)16(24)18-8-7-13-19-14(20-25-13)11-3-5-12(17)6-4-11/h3-6,10H,7-9H2,1-2H3,(H,18,24)(H,22,23). The number of halogens is 1. The molecule has 0 aliphatic rings. The first-order chi connectivity index (χ1) is 11.9. The summed E-state index contributed by atoms with van der Waals surface area (Å²) in [5.41, 5.74) is 0.783. The van der Waals surface area contributed by atoms with E-state index in [-0.39, 0.29) is 12.6 Å². The van der Waals surface area contributed by atoms with Gasteiger partial charge in [-0.15, -0.1) is 0 Å². The number of benzene rings is 1. The summed E-state index contributed by atoms with van der Waals surface area (Å²) in [6.45, 7) is 1.97. The molecule has 1 aromatic carbocycles. The van der Waals surface area contributed by atoms with E-state index in [2.05, 4.69) is 15.5 Å². The molecule has 0 radical (unpaired) electrons. The first-order valence-electron chi connectivity index (χ1n) is 7.67. The van der Waals surface area contributed by atoms with Crippen molar-refractivity contribution in [3.8, 4) is 11.4 Å². The molecule has 0 saturated heterocycles. The summed E-state index contributed by atoms with van der Waals surface area (Å²) in [7, 11) is 1.54. The van der Waals surface area contributed by atoms with Crippen molar-refractivity contribution >= 4 is 23.6 Å². The summed E-state index contributed by atoms with van der Waals surface area (Å²) in [5.74, 6) is -0.730. The number of hydrogen-bond acceptors (Lipinski definition) is 5. The largest absolute Gasteiger partial charge is 0.481 e. The average Bonchev–Trinajstić information content (AvgIpc) is 3.04. The number of hydrogen-bond donors (Lipinski definition) is 2. The number of carboxylic acid groups (broad SMARTS) is 1. The number of nitrogens with one attached hydrogen (secondary N) is 1. The molecule has 2 aromatic rings. The molecule has 0 fully saturated rings. The summed E-state index contributed by atoms with van der Waals surface area (Å²) in [6, 6.07) is 6.70. The van der Waals surface area contributed by atoms with Gasteiger partial charge in [-0.2, -0.15) is 4.98 Å². The number of nitrogens with zero attached hydrogens (tertiary/aromatic N) is 3. The van der Waals surface area contributed by atoms with E-state index in [4.69, 9.17) is 21.2 Å². The molecular weight excluding hydrogens is 348 g/mol. The number of rotatable bonds is 7. The van der Waals surface area contributed by atoms with E-state index < -0.39 is 11.9 Å². The number of carboxylic acids is 1. The Labute approximate surface area is 149 Å². The van der Waals surface area contributed by atoms with E-state index in [0.717, 1.165) is 5.56 Å². The van der Waals surface area contributed by atoms with Crippen LogP contribution in [0.2, 0.25) is 5.02 Å². The fourth-order valence-corrected chi connectivity index (χ4v) is 2.18. The van der Waals surface area contributed by atoms with Crippen molar-refractivity contribution in [2.45, 2.75) is 13.3 Å². The maximum atomic E-state index is 11.9. The van der Waals surface area contributed by atoms with E-state index in [9.17, 15) is 9.59 Å². The van der Waals surface area contributed by atoms with E-state index in [0.29, 0.717) is 29.7 Å². The number of carbonyl (C=O) groups excluding carboxylic acids is 1. The molecule has 2 rings (SSSR count). The zero-order valence-corrected chi connectivity index (χ0v) is 14.7. The Hall–Kier alpha value is -2.61. The average molecular weight is 367 g/mol. The molecule has 8 nitrogen and oxygen atoms in total. The lowest BCUT2D eigenvalue weighted by Crippen LogP contribution is -2.41. The Bertz CT molecular complexity index is 732. The van der Waals surface area contributed by atoms with Crippen molar-refractivity contribution in [1.82, 2.24) is 20.4 Å². The van der Waals surface area contributed by atoms with Crippen LogP contribution in [0, 0.1) is 5.92 Å². The lowest BCUT2D eigenvalue weighted by molar-refractivity contribution is -0.141. The van der Waals surface area contributed by atoms with Crippen molar-refractivity contribution < 1.29 is 19.2 Å².